The summed E-state index contributed by atoms with van der Waals surface area (Å²) in [5.74, 6) is 0.869. The van der Waals surface area contributed by atoms with Crippen molar-refractivity contribution in [2.24, 2.45) is 0 Å². The van der Waals surface area contributed by atoms with Crippen molar-refractivity contribution in [3.63, 3.8) is 0 Å². The van der Waals surface area contributed by atoms with Gasteiger partial charge in [-0.15, -0.1) is 0 Å². The van der Waals surface area contributed by atoms with Crippen LogP contribution >= 0.6 is 0 Å². The average Bonchev–Trinajstić information content (AvgIpc) is 3.25. The van der Waals surface area contributed by atoms with E-state index >= 15 is 0 Å². The van der Waals surface area contributed by atoms with Crippen molar-refractivity contribution >= 4 is 22.6 Å². The first-order valence-electron chi connectivity index (χ1n) is 9.97. The molecule has 2 N–H and O–H groups in total. The molecule has 0 fully saturated rings. The third-order valence-electron chi connectivity index (χ3n) is 4.17. The van der Waals surface area contributed by atoms with Crippen molar-refractivity contribution in [3.8, 4) is 11.4 Å². The summed E-state index contributed by atoms with van der Waals surface area (Å²) in [7, 11) is 0. The molecule has 28 heavy (non-hydrogen) atoms. The minimum atomic E-state index is -0.503. The number of amides is 1. The smallest absolute Gasteiger partial charge is 0.234 e. The quantitative estimate of drug-likeness (QED) is 0.331. The van der Waals surface area contributed by atoms with Crippen LogP contribution < -0.4 is 5.32 Å². The van der Waals surface area contributed by atoms with Gasteiger partial charge in [0.25, 0.3) is 0 Å². The molecule has 0 radical (unpaired) electrons. The molecule has 0 saturated heterocycles. The van der Waals surface area contributed by atoms with Crippen LogP contribution in [0.3, 0.4) is 0 Å². The zero-order chi connectivity index (χ0) is 20.6. The summed E-state index contributed by atoms with van der Waals surface area (Å²) in [5, 5.41) is 2.92. The van der Waals surface area contributed by atoms with Gasteiger partial charge in [-0.1, -0.05) is 53.7 Å². The van der Waals surface area contributed by atoms with Gasteiger partial charge in [0.15, 0.2) is 0 Å². The number of hydrogen-bond donors (Lipinski definition) is 2. The van der Waals surface area contributed by atoms with Crippen molar-refractivity contribution < 1.29 is 35.9 Å². The van der Waals surface area contributed by atoms with Gasteiger partial charge in [0, 0.05) is 42.4 Å². The number of imidazole rings is 1. The number of fused-ring (bicyclic) bond motifs is 2. The molecule has 4 nitrogen and oxygen atoms in total. The van der Waals surface area contributed by atoms with Crippen molar-refractivity contribution in [1.29, 1.82) is 0 Å². The predicted molar refractivity (Wildman–Crippen MR) is 117 cm³/mol. The second-order valence-electron chi connectivity index (χ2n) is 5.94. The first kappa shape index (κ1) is 26.4. The number of carbonyl (C=O) groups is 1. The Labute approximate surface area is 193 Å². The Hall–Kier alpha value is -1.57. The second kappa shape index (κ2) is 12.1. The van der Waals surface area contributed by atoms with Crippen LogP contribution in [-0.2, 0) is 10.2 Å². The number of anilines is 1. The number of rotatable bonds is 1. The fraction of sp³-hybridized carbons (Fsp3) is 0.391. The van der Waals surface area contributed by atoms with E-state index in [4.69, 9.17) is 0 Å². The molecule has 1 aliphatic heterocycles. The number of aromatic nitrogens is 2. The number of hydrogen-bond acceptors (Lipinski definition) is 2. The fourth-order valence-electron chi connectivity index (χ4n) is 2.81. The molecule has 1 aliphatic rings. The normalized spacial score (nSPS) is 12.6. The maximum absolute atomic E-state index is 12.0. The molecule has 0 bridgehead atoms. The van der Waals surface area contributed by atoms with E-state index in [0.717, 1.165) is 33.7 Å². The molecule has 4 rings (SSSR count). The van der Waals surface area contributed by atoms with Crippen molar-refractivity contribution in [1.82, 2.24) is 9.97 Å². The third kappa shape index (κ3) is 5.27. The Morgan fingerprint density at radius 3 is 2.11 bits per heavy atom. The molecule has 1 amide bonds. The standard InChI is InChI=1S/C17H15N3O.3C2H6.U/c1-17(2)11-9-10(7-8-12(11)20-16(17)21)15-18-13-5-3-4-6-14(13)19-15;3*1-2;/h3-9H,1-2H3,(H,18,19)(H,20,21);3*1-2H3;. The van der Waals surface area contributed by atoms with Crippen LogP contribution in [0.4, 0.5) is 5.69 Å². The maximum atomic E-state index is 12.0. The minimum Gasteiger partial charge on any atom is -0.338 e. The summed E-state index contributed by atoms with van der Waals surface area (Å²) in [6.07, 6.45) is 0. The number of para-hydroxylation sites is 2. The van der Waals surface area contributed by atoms with Crippen LogP contribution in [0.2, 0.25) is 0 Å². The van der Waals surface area contributed by atoms with E-state index in [1.165, 1.54) is 0 Å². The zero-order valence-electron chi connectivity index (χ0n) is 18.4. The van der Waals surface area contributed by atoms with Gasteiger partial charge in [0.2, 0.25) is 5.91 Å². The maximum Gasteiger partial charge on any atom is 0.234 e. The summed E-state index contributed by atoms with van der Waals surface area (Å²) in [6.45, 7) is 15.9. The number of nitrogens with one attached hydrogen (secondary N) is 2. The molecule has 0 aliphatic carbocycles. The van der Waals surface area contributed by atoms with E-state index in [-0.39, 0.29) is 37.0 Å². The minimum absolute atomic E-state index is 0. The van der Waals surface area contributed by atoms with Gasteiger partial charge in [-0.05, 0) is 49.7 Å². The van der Waals surface area contributed by atoms with E-state index in [0.29, 0.717) is 0 Å². The van der Waals surface area contributed by atoms with Crippen molar-refractivity contribution in [2.75, 3.05) is 5.32 Å². The Bertz CT molecular complexity index is 851. The summed E-state index contributed by atoms with van der Waals surface area (Å²) >= 11 is 0. The Kier molecular flexibility index (Phi) is 11.4. The van der Waals surface area contributed by atoms with Gasteiger partial charge in [0.05, 0.1) is 16.4 Å². The Morgan fingerprint density at radius 1 is 0.893 bits per heavy atom. The number of aromatic amines is 1. The summed E-state index contributed by atoms with van der Waals surface area (Å²) < 4.78 is 0. The van der Waals surface area contributed by atoms with E-state index in [1.807, 2.05) is 97.9 Å². The van der Waals surface area contributed by atoms with E-state index in [9.17, 15) is 4.79 Å². The van der Waals surface area contributed by atoms with Crippen LogP contribution in [-0.4, -0.2) is 15.9 Å². The molecule has 1 aromatic heterocycles. The Morgan fingerprint density at radius 2 is 1.50 bits per heavy atom. The van der Waals surface area contributed by atoms with Gasteiger partial charge in [-0.25, -0.2) is 4.98 Å². The van der Waals surface area contributed by atoms with Crippen LogP contribution in [0.15, 0.2) is 42.5 Å². The predicted octanol–water partition coefficient (Wildman–Crippen LogP) is 6.54. The molecule has 2 heterocycles. The molecular formula is C23H33N3OU. The van der Waals surface area contributed by atoms with Crippen LogP contribution in [0.25, 0.3) is 22.4 Å². The van der Waals surface area contributed by atoms with Crippen molar-refractivity contribution in [2.45, 2.75) is 60.8 Å². The molecule has 0 atom stereocenters. The van der Waals surface area contributed by atoms with Gasteiger partial charge in [0.1, 0.15) is 5.82 Å². The van der Waals surface area contributed by atoms with E-state index < -0.39 is 5.41 Å². The SMILES string of the molecule is CC.CC.CC.CC1(C)C(=O)Nc2ccc(-c3nc4ccccc4[nH]3)cc21.[U]. The van der Waals surface area contributed by atoms with Crippen LogP contribution in [0.1, 0.15) is 61.0 Å². The van der Waals surface area contributed by atoms with E-state index in [1.54, 1.807) is 0 Å². The second-order valence-corrected chi connectivity index (χ2v) is 5.94. The fourth-order valence-corrected chi connectivity index (χ4v) is 2.81. The van der Waals surface area contributed by atoms with Crippen LogP contribution in [0.5, 0.6) is 0 Å². The zero-order valence-corrected chi connectivity index (χ0v) is 22.6. The molecular weight excluding hydrogens is 572 g/mol. The molecule has 150 valence electrons. The first-order chi connectivity index (χ1) is 13.1. The van der Waals surface area contributed by atoms with Gasteiger partial charge < -0.3 is 10.3 Å². The summed E-state index contributed by atoms with van der Waals surface area (Å²) in [6, 6.07) is 13.9. The number of nitrogens with zero attached hydrogens (tertiary/aromatic N) is 1. The number of carbonyl (C=O) groups excluding carboxylic acids is 1. The van der Waals surface area contributed by atoms with Gasteiger partial charge >= 0.3 is 0 Å². The first-order valence-corrected chi connectivity index (χ1v) is 9.97. The molecule has 0 saturated carbocycles. The monoisotopic (exact) mass is 605 g/mol. The largest absolute Gasteiger partial charge is 0.338 e. The van der Waals surface area contributed by atoms with Crippen LogP contribution in [0, 0.1) is 31.1 Å². The molecule has 5 heteroatoms. The summed E-state index contributed by atoms with van der Waals surface area (Å²) in [5.41, 5.74) is 4.37. The molecule has 0 unspecified atom stereocenters. The van der Waals surface area contributed by atoms with E-state index in [2.05, 4.69) is 15.3 Å². The number of benzene rings is 2. The van der Waals surface area contributed by atoms with Gasteiger partial charge in [-0.2, -0.15) is 0 Å². The average molecular weight is 606 g/mol. The topological polar surface area (TPSA) is 57.8 Å². The van der Waals surface area contributed by atoms with Crippen molar-refractivity contribution in [3.05, 3.63) is 48.0 Å². The molecule has 2 aromatic carbocycles. The Balaban J connectivity index is 0.000000957. The number of H-pyrrole nitrogens is 1. The summed E-state index contributed by atoms with van der Waals surface area (Å²) in [4.78, 5) is 19.9. The van der Waals surface area contributed by atoms with Gasteiger partial charge in [-0.3, -0.25) is 4.79 Å². The molecule has 0 spiro atoms. The third-order valence-corrected chi connectivity index (χ3v) is 4.17. The molecule has 3 aromatic rings.